The fraction of sp³-hybridized carbons (Fsp3) is 0.0833. The van der Waals surface area contributed by atoms with E-state index in [4.69, 9.17) is 14.7 Å². The smallest absolute Gasteiger partial charge is 0.280 e. The molecule has 0 unspecified atom stereocenters. The molecule has 0 fully saturated rings. The fourth-order valence-corrected chi connectivity index (χ4v) is 3.87. The van der Waals surface area contributed by atoms with Crippen LogP contribution in [0.1, 0.15) is 21.5 Å². The van der Waals surface area contributed by atoms with E-state index in [2.05, 4.69) is 16.2 Å². The van der Waals surface area contributed by atoms with Gasteiger partial charge in [0.1, 0.15) is 11.5 Å². The van der Waals surface area contributed by atoms with Gasteiger partial charge in [-0.25, -0.2) is 4.98 Å². The Morgan fingerprint density at radius 3 is 2.38 bits per heavy atom. The van der Waals surface area contributed by atoms with Gasteiger partial charge in [-0.15, -0.1) is 0 Å². The van der Waals surface area contributed by atoms with Gasteiger partial charge < -0.3 is 9.47 Å². The molecule has 1 aromatic heterocycles. The van der Waals surface area contributed by atoms with Crippen LogP contribution < -0.4 is 14.5 Å². The summed E-state index contributed by atoms with van der Waals surface area (Å²) in [4.78, 5) is 17.9. The monoisotopic (exact) mass is 442 g/mol. The van der Waals surface area contributed by atoms with Crippen LogP contribution >= 0.6 is 11.3 Å². The second-order valence-corrected chi connectivity index (χ2v) is 7.66. The Hall–Kier alpha value is -4.22. The molecule has 0 aliphatic heterocycles. The van der Waals surface area contributed by atoms with Crippen LogP contribution in [-0.4, -0.2) is 31.3 Å². The van der Waals surface area contributed by atoms with Crippen LogP contribution in [0.5, 0.6) is 11.5 Å². The van der Waals surface area contributed by atoms with E-state index in [0.717, 1.165) is 21.5 Å². The number of hydrogen-bond donors (Lipinski definition) is 0. The van der Waals surface area contributed by atoms with E-state index >= 15 is 0 Å². The maximum Gasteiger partial charge on any atom is 0.280 e. The number of carbonyl (C=O) groups is 1. The van der Waals surface area contributed by atoms with E-state index in [1.54, 1.807) is 44.7 Å². The Labute approximate surface area is 188 Å². The molecular formula is C24H18N4O3S. The number of nitriles is 1. The van der Waals surface area contributed by atoms with Crippen LogP contribution in [0, 0.1) is 11.3 Å². The molecule has 1 heterocycles. The molecule has 8 heteroatoms. The number of benzene rings is 3. The standard InChI is InChI=1S/C24H18N4O3S/c1-30-19-9-5-17(6-10-19)15-26-28(23(29)18-7-3-16(14-25)4-8-18)24-27-21-12-11-20(31-2)13-22(21)32-24/h3-13,15H,1-2H3/b26-15+. The van der Waals surface area contributed by atoms with Gasteiger partial charge >= 0.3 is 0 Å². The van der Waals surface area contributed by atoms with Gasteiger partial charge in [0.25, 0.3) is 5.91 Å². The van der Waals surface area contributed by atoms with Gasteiger partial charge in [0.05, 0.1) is 42.3 Å². The van der Waals surface area contributed by atoms with E-state index in [1.165, 1.54) is 16.3 Å². The lowest BCUT2D eigenvalue weighted by atomic mass is 10.1. The van der Waals surface area contributed by atoms with Gasteiger partial charge in [-0.2, -0.15) is 15.4 Å². The summed E-state index contributed by atoms with van der Waals surface area (Å²) in [5.74, 6) is 1.08. The SMILES string of the molecule is COc1ccc(/C=N/N(C(=O)c2ccc(C#N)cc2)c2nc3ccc(OC)cc3s2)cc1. The van der Waals surface area contributed by atoms with Crippen LogP contribution in [0.3, 0.4) is 0 Å². The van der Waals surface area contributed by atoms with E-state index in [0.29, 0.717) is 22.0 Å². The maximum absolute atomic E-state index is 13.3. The normalized spacial score (nSPS) is 10.8. The molecule has 0 N–H and O–H groups in total. The first-order valence-electron chi connectivity index (χ1n) is 9.58. The van der Waals surface area contributed by atoms with E-state index in [1.807, 2.05) is 42.5 Å². The quantitative estimate of drug-likeness (QED) is 0.314. The molecule has 0 aliphatic rings. The molecule has 0 aliphatic carbocycles. The average molecular weight is 443 g/mol. The molecule has 4 aromatic rings. The van der Waals surface area contributed by atoms with Crippen LogP contribution in [0.2, 0.25) is 0 Å². The van der Waals surface area contributed by atoms with E-state index < -0.39 is 0 Å². The first-order valence-corrected chi connectivity index (χ1v) is 10.4. The van der Waals surface area contributed by atoms with Crippen LogP contribution in [0.4, 0.5) is 5.13 Å². The summed E-state index contributed by atoms with van der Waals surface area (Å²) in [6.07, 6.45) is 1.59. The van der Waals surface area contributed by atoms with E-state index in [9.17, 15) is 4.79 Å². The Balaban J connectivity index is 1.73. The molecule has 4 rings (SSSR count). The van der Waals surface area contributed by atoms with Crippen molar-refractivity contribution in [2.24, 2.45) is 5.10 Å². The number of ether oxygens (including phenoxy) is 2. The van der Waals surface area contributed by atoms with Gasteiger partial charge in [0.15, 0.2) is 0 Å². The Morgan fingerprint density at radius 2 is 1.72 bits per heavy atom. The van der Waals surface area contributed by atoms with Crippen LogP contribution in [-0.2, 0) is 0 Å². The summed E-state index contributed by atoms with van der Waals surface area (Å²) in [6.45, 7) is 0. The predicted molar refractivity (Wildman–Crippen MR) is 125 cm³/mol. The number of hydrogen-bond acceptors (Lipinski definition) is 7. The lowest BCUT2D eigenvalue weighted by Crippen LogP contribution is -2.25. The first-order chi connectivity index (χ1) is 15.6. The maximum atomic E-state index is 13.3. The second-order valence-electron chi connectivity index (χ2n) is 6.65. The zero-order chi connectivity index (χ0) is 22.5. The first kappa shape index (κ1) is 21.0. The summed E-state index contributed by atoms with van der Waals surface area (Å²) in [7, 11) is 3.20. The number of fused-ring (bicyclic) bond motifs is 1. The number of amides is 1. The predicted octanol–water partition coefficient (Wildman–Crippen LogP) is 4.87. The van der Waals surface area contributed by atoms with Crippen LogP contribution in [0.15, 0.2) is 71.8 Å². The highest BCUT2D eigenvalue weighted by Gasteiger charge is 2.21. The van der Waals surface area contributed by atoms with Gasteiger partial charge in [-0.3, -0.25) is 4.79 Å². The number of methoxy groups -OCH3 is 2. The minimum Gasteiger partial charge on any atom is -0.497 e. The van der Waals surface area contributed by atoms with Gasteiger partial charge in [-0.05, 0) is 72.3 Å². The molecule has 7 nitrogen and oxygen atoms in total. The minimum atomic E-state index is -0.356. The Morgan fingerprint density at radius 1 is 1.03 bits per heavy atom. The molecule has 0 radical (unpaired) electrons. The summed E-state index contributed by atoms with van der Waals surface area (Å²) in [5, 5.41) is 15.2. The van der Waals surface area contributed by atoms with E-state index in [-0.39, 0.29) is 5.91 Å². The van der Waals surface area contributed by atoms with Crippen molar-refractivity contribution in [2.45, 2.75) is 0 Å². The summed E-state index contributed by atoms with van der Waals surface area (Å²) < 4.78 is 11.3. The van der Waals surface area contributed by atoms with Gasteiger partial charge in [-0.1, -0.05) is 11.3 Å². The van der Waals surface area contributed by atoms with Gasteiger partial charge in [0.2, 0.25) is 5.13 Å². The second kappa shape index (κ2) is 9.29. The van der Waals surface area contributed by atoms with Crippen molar-refractivity contribution in [2.75, 3.05) is 19.2 Å². The molecular weight excluding hydrogens is 424 g/mol. The van der Waals surface area contributed by atoms with Crippen molar-refractivity contribution in [3.8, 4) is 17.6 Å². The molecule has 158 valence electrons. The number of hydrazone groups is 1. The van der Waals surface area contributed by atoms with Crippen molar-refractivity contribution in [3.63, 3.8) is 0 Å². The molecule has 3 aromatic carbocycles. The highest BCUT2D eigenvalue weighted by Crippen LogP contribution is 2.32. The van der Waals surface area contributed by atoms with Crippen molar-refractivity contribution < 1.29 is 14.3 Å². The summed E-state index contributed by atoms with van der Waals surface area (Å²) in [5.41, 5.74) is 2.41. The van der Waals surface area contributed by atoms with Gasteiger partial charge in [0, 0.05) is 5.56 Å². The largest absolute Gasteiger partial charge is 0.497 e. The number of carbonyl (C=O) groups excluding carboxylic acids is 1. The molecule has 32 heavy (non-hydrogen) atoms. The highest BCUT2D eigenvalue weighted by atomic mass is 32.1. The number of anilines is 1. The Bertz CT molecular complexity index is 1320. The highest BCUT2D eigenvalue weighted by molar-refractivity contribution is 7.22. The third-order valence-corrected chi connectivity index (χ3v) is 5.65. The third-order valence-electron chi connectivity index (χ3n) is 4.66. The zero-order valence-electron chi connectivity index (χ0n) is 17.4. The minimum absolute atomic E-state index is 0.356. The lowest BCUT2D eigenvalue weighted by molar-refractivity contribution is 0.0988. The zero-order valence-corrected chi connectivity index (χ0v) is 18.2. The molecule has 0 bridgehead atoms. The molecule has 0 saturated carbocycles. The molecule has 0 saturated heterocycles. The molecule has 1 amide bonds. The number of thiazole rings is 1. The number of nitrogens with zero attached hydrogens (tertiary/aromatic N) is 4. The Kier molecular flexibility index (Phi) is 6.10. The summed E-state index contributed by atoms with van der Waals surface area (Å²) >= 11 is 1.33. The van der Waals surface area contributed by atoms with Crippen molar-refractivity contribution in [1.82, 2.24) is 4.98 Å². The van der Waals surface area contributed by atoms with Crippen molar-refractivity contribution in [3.05, 3.63) is 83.4 Å². The van der Waals surface area contributed by atoms with Crippen LogP contribution in [0.25, 0.3) is 10.2 Å². The van der Waals surface area contributed by atoms with Crippen molar-refractivity contribution >= 4 is 38.8 Å². The van der Waals surface area contributed by atoms with Crippen molar-refractivity contribution in [1.29, 1.82) is 5.26 Å². The average Bonchev–Trinajstić information content (AvgIpc) is 3.27. The third kappa shape index (κ3) is 4.43. The number of rotatable bonds is 6. The lowest BCUT2D eigenvalue weighted by Gasteiger charge is -2.14. The topological polar surface area (TPSA) is 87.8 Å². The molecule has 0 atom stereocenters. The molecule has 0 spiro atoms. The fourth-order valence-electron chi connectivity index (χ4n) is 2.92. The summed E-state index contributed by atoms with van der Waals surface area (Å²) in [6, 6.07) is 21.3. The number of aromatic nitrogens is 1.